The van der Waals surface area contributed by atoms with Crippen LogP contribution in [0, 0.1) is 12.0 Å². The fraction of sp³-hybridized carbons (Fsp3) is 0.583. The van der Waals surface area contributed by atoms with E-state index in [1.165, 1.54) is 25.9 Å². The number of nitrogens with zero attached hydrogens (tertiary/aromatic N) is 2. The van der Waals surface area contributed by atoms with Crippen molar-refractivity contribution in [1.82, 2.24) is 9.88 Å². The van der Waals surface area contributed by atoms with E-state index in [1.807, 2.05) is 12.1 Å². The summed E-state index contributed by atoms with van der Waals surface area (Å²) in [6.07, 6.45) is 4.58. The standard InChI is InChI=1S/C12H15N2O.Y/c1-2-6-13-12(3-1)15-11-9-14-7-4-10(11)5-8-14;/h1,3,6,10-11H,4-5,7-9H2;/q-1;/t11-;/m0./s1. The molecule has 3 aliphatic rings. The Kier molecular flexibility index (Phi) is 4.34. The normalized spacial score (nSPS) is 31.9. The maximum atomic E-state index is 5.92. The van der Waals surface area contributed by atoms with Crippen molar-refractivity contribution in [2.75, 3.05) is 19.6 Å². The largest absolute Gasteiger partial charge is 0.489 e. The van der Waals surface area contributed by atoms with Crippen LogP contribution in [0.25, 0.3) is 0 Å². The molecule has 1 radical (unpaired) electrons. The molecule has 3 saturated heterocycles. The van der Waals surface area contributed by atoms with Gasteiger partial charge in [-0.05, 0) is 31.8 Å². The van der Waals surface area contributed by atoms with Crippen LogP contribution in [0.5, 0.6) is 5.88 Å². The summed E-state index contributed by atoms with van der Waals surface area (Å²) >= 11 is 0. The Morgan fingerprint density at radius 1 is 1.38 bits per heavy atom. The first-order valence-electron chi connectivity index (χ1n) is 5.63. The zero-order valence-electron chi connectivity index (χ0n) is 9.30. The zero-order chi connectivity index (χ0) is 10.1. The first-order valence-corrected chi connectivity index (χ1v) is 5.63. The molecule has 0 spiro atoms. The minimum atomic E-state index is 0. The summed E-state index contributed by atoms with van der Waals surface area (Å²) in [5.74, 6) is 1.48. The number of hydrogen-bond acceptors (Lipinski definition) is 3. The fourth-order valence-electron chi connectivity index (χ4n) is 2.58. The molecule has 83 valence electrons. The van der Waals surface area contributed by atoms with Gasteiger partial charge in [0.1, 0.15) is 12.0 Å². The Morgan fingerprint density at radius 3 is 2.75 bits per heavy atom. The van der Waals surface area contributed by atoms with Gasteiger partial charge in [0.15, 0.2) is 0 Å². The number of ether oxygens (including phenoxy) is 1. The average Bonchev–Trinajstić information content (AvgIpc) is 2.32. The Hall–Kier alpha value is 0.0139. The fourth-order valence-corrected chi connectivity index (χ4v) is 2.58. The van der Waals surface area contributed by atoms with Gasteiger partial charge in [-0.15, -0.1) is 6.07 Å². The van der Waals surface area contributed by atoms with Gasteiger partial charge in [-0.1, -0.05) is 6.20 Å². The van der Waals surface area contributed by atoms with Crippen LogP contribution in [-0.4, -0.2) is 35.6 Å². The summed E-state index contributed by atoms with van der Waals surface area (Å²) in [5, 5.41) is 0. The summed E-state index contributed by atoms with van der Waals surface area (Å²) in [5.41, 5.74) is 0. The molecule has 0 N–H and O–H groups in total. The number of fused-ring (bicyclic) bond motifs is 3. The van der Waals surface area contributed by atoms with E-state index in [9.17, 15) is 0 Å². The third kappa shape index (κ3) is 2.63. The van der Waals surface area contributed by atoms with Crippen molar-refractivity contribution >= 4 is 0 Å². The first-order chi connectivity index (χ1) is 7.42. The van der Waals surface area contributed by atoms with E-state index in [4.69, 9.17) is 4.74 Å². The van der Waals surface area contributed by atoms with Gasteiger partial charge in [0, 0.05) is 39.3 Å². The number of piperidine rings is 3. The quantitative estimate of drug-likeness (QED) is 0.770. The second-order valence-corrected chi connectivity index (χ2v) is 4.39. The van der Waals surface area contributed by atoms with Crippen molar-refractivity contribution in [3.05, 3.63) is 24.4 Å². The third-order valence-corrected chi connectivity index (χ3v) is 3.46. The topological polar surface area (TPSA) is 25.4 Å². The van der Waals surface area contributed by atoms with E-state index in [0.717, 1.165) is 18.3 Å². The Balaban J connectivity index is 0.000000963. The SMILES string of the molecule is [Y].[c-]1ccc(O[C@H]2CN3CCC2CC3)nc1. The van der Waals surface area contributed by atoms with Crippen LogP contribution in [0.15, 0.2) is 18.3 Å². The van der Waals surface area contributed by atoms with Gasteiger partial charge in [0.2, 0.25) is 0 Å². The molecule has 0 amide bonds. The van der Waals surface area contributed by atoms with Crippen molar-refractivity contribution < 1.29 is 37.4 Å². The van der Waals surface area contributed by atoms with E-state index >= 15 is 0 Å². The maximum absolute atomic E-state index is 5.92. The zero-order valence-corrected chi connectivity index (χ0v) is 12.1. The molecule has 0 aromatic carbocycles. The molecular formula is C12H15N2OY-. The van der Waals surface area contributed by atoms with E-state index in [-0.39, 0.29) is 32.7 Å². The van der Waals surface area contributed by atoms with Crippen molar-refractivity contribution in [3.8, 4) is 5.88 Å². The van der Waals surface area contributed by atoms with Crippen molar-refractivity contribution in [3.63, 3.8) is 0 Å². The van der Waals surface area contributed by atoms with Gasteiger partial charge >= 0.3 is 0 Å². The van der Waals surface area contributed by atoms with Crippen LogP contribution in [0.2, 0.25) is 0 Å². The summed E-state index contributed by atoms with van der Waals surface area (Å²) in [6.45, 7) is 3.58. The van der Waals surface area contributed by atoms with Crippen molar-refractivity contribution in [2.24, 2.45) is 5.92 Å². The van der Waals surface area contributed by atoms with Crippen LogP contribution in [-0.2, 0) is 32.7 Å². The van der Waals surface area contributed by atoms with E-state index in [1.54, 1.807) is 6.20 Å². The predicted molar refractivity (Wildman–Crippen MR) is 56.7 cm³/mol. The smallest absolute Gasteiger partial charge is 0.127 e. The Bertz CT molecular complexity index is 325. The summed E-state index contributed by atoms with van der Waals surface area (Å²) in [6, 6.07) is 6.64. The number of hydrogen-bond donors (Lipinski definition) is 0. The monoisotopic (exact) mass is 292 g/mol. The van der Waals surface area contributed by atoms with Gasteiger partial charge in [0.05, 0.1) is 0 Å². The first kappa shape index (κ1) is 12.5. The molecule has 3 fully saturated rings. The predicted octanol–water partition coefficient (Wildman–Crippen LogP) is 1.35. The number of aromatic nitrogens is 1. The molecule has 4 heteroatoms. The van der Waals surface area contributed by atoms with Crippen LogP contribution >= 0.6 is 0 Å². The van der Waals surface area contributed by atoms with E-state index in [0.29, 0.717) is 6.10 Å². The minimum absolute atomic E-state index is 0. The molecule has 4 rings (SSSR count). The molecule has 1 aromatic rings. The molecule has 1 aromatic heterocycles. The molecule has 1 atom stereocenters. The van der Waals surface area contributed by atoms with Gasteiger partial charge in [-0.3, -0.25) is 9.88 Å². The third-order valence-electron chi connectivity index (χ3n) is 3.46. The molecule has 4 heterocycles. The second-order valence-electron chi connectivity index (χ2n) is 4.39. The van der Waals surface area contributed by atoms with Crippen LogP contribution in [0.1, 0.15) is 12.8 Å². The van der Waals surface area contributed by atoms with Crippen LogP contribution in [0.4, 0.5) is 0 Å². The maximum Gasteiger partial charge on any atom is 0.127 e. The molecule has 2 bridgehead atoms. The van der Waals surface area contributed by atoms with Crippen LogP contribution < -0.4 is 4.74 Å². The number of pyridine rings is 1. The average molecular weight is 292 g/mol. The summed E-state index contributed by atoms with van der Waals surface area (Å²) in [7, 11) is 0. The van der Waals surface area contributed by atoms with Crippen molar-refractivity contribution in [2.45, 2.75) is 18.9 Å². The molecule has 0 unspecified atom stereocenters. The second kappa shape index (κ2) is 5.57. The minimum Gasteiger partial charge on any atom is -0.489 e. The van der Waals surface area contributed by atoms with E-state index < -0.39 is 0 Å². The van der Waals surface area contributed by atoms with Gasteiger partial charge in [-0.25, -0.2) is 12.1 Å². The summed E-state index contributed by atoms with van der Waals surface area (Å²) < 4.78 is 5.92. The Morgan fingerprint density at radius 2 is 2.19 bits per heavy atom. The molecule has 16 heavy (non-hydrogen) atoms. The molecule has 3 nitrogen and oxygen atoms in total. The van der Waals surface area contributed by atoms with E-state index in [2.05, 4.69) is 16.0 Å². The van der Waals surface area contributed by atoms with Crippen LogP contribution in [0.3, 0.4) is 0 Å². The van der Waals surface area contributed by atoms with Gasteiger partial charge in [-0.2, -0.15) is 0 Å². The van der Waals surface area contributed by atoms with Gasteiger partial charge in [0.25, 0.3) is 0 Å². The molecule has 0 aliphatic carbocycles. The molecular weight excluding hydrogens is 277 g/mol. The molecule has 3 aliphatic heterocycles. The van der Waals surface area contributed by atoms with Crippen molar-refractivity contribution in [1.29, 1.82) is 0 Å². The number of rotatable bonds is 2. The van der Waals surface area contributed by atoms with Gasteiger partial charge < -0.3 is 4.74 Å². The Labute approximate surface area is 121 Å². The molecule has 0 saturated carbocycles. The summed E-state index contributed by atoms with van der Waals surface area (Å²) in [4.78, 5) is 6.65.